The van der Waals surface area contributed by atoms with Gasteiger partial charge in [-0.15, -0.1) is 0 Å². The van der Waals surface area contributed by atoms with Crippen LogP contribution < -0.4 is 5.32 Å². The normalized spacial score (nSPS) is 22.0. The lowest BCUT2D eigenvalue weighted by Crippen LogP contribution is -2.45. The van der Waals surface area contributed by atoms with E-state index in [0.29, 0.717) is 19.0 Å². The van der Waals surface area contributed by atoms with Crippen LogP contribution in [0.1, 0.15) is 40.0 Å². The Morgan fingerprint density at radius 1 is 1.30 bits per heavy atom. The number of carboxylic acid groups (broad SMARTS) is 1. The fourth-order valence-electron chi connectivity index (χ4n) is 2.55. The molecule has 0 radical (unpaired) electrons. The summed E-state index contributed by atoms with van der Waals surface area (Å²) in [6, 6.07) is -0.292. The average molecular weight is 286 g/mol. The van der Waals surface area contributed by atoms with Gasteiger partial charge in [0.2, 0.25) is 0 Å². The van der Waals surface area contributed by atoms with Crippen molar-refractivity contribution in [3.63, 3.8) is 0 Å². The third-order valence-corrected chi connectivity index (χ3v) is 3.97. The molecule has 116 valence electrons. The van der Waals surface area contributed by atoms with Crippen molar-refractivity contribution in [2.45, 2.75) is 46.1 Å². The number of likely N-dealkylation sites (tertiary alicyclic amines) is 1. The van der Waals surface area contributed by atoms with Crippen LogP contribution in [0.2, 0.25) is 0 Å². The third kappa shape index (κ3) is 5.00. The van der Waals surface area contributed by atoms with E-state index in [1.165, 1.54) is 0 Å². The smallest absolute Gasteiger partial charge is 0.334 e. The van der Waals surface area contributed by atoms with Gasteiger partial charge in [-0.25, -0.2) is 9.59 Å². The molecule has 2 atom stereocenters. The Kier molecular flexibility index (Phi) is 5.80. The number of aliphatic carboxylic acids is 1. The van der Waals surface area contributed by atoms with E-state index in [1.807, 2.05) is 0 Å². The number of nitrogens with one attached hydrogen (secondary N) is 1. The quantitative estimate of drug-likeness (QED) is 0.729. The fourth-order valence-corrected chi connectivity index (χ4v) is 2.55. The lowest BCUT2D eigenvalue weighted by atomic mass is 9.77. The SMILES string of the molecule is CC(C)(C)C1CCCN(C(=O)NCC(O)C(=O)O)CC1. The number of aliphatic hydroxyl groups excluding tert-OH is 1. The highest BCUT2D eigenvalue weighted by atomic mass is 16.4. The molecule has 0 aromatic rings. The molecule has 1 aliphatic rings. The predicted molar refractivity (Wildman–Crippen MR) is 75.4 cm³/mol. The van der Waals surface area contributed by atoms with Crippen LogP contribution >= 0.6 is 0 Å². The maximum atomic E-state index is 11.9. The number of carbonyl (C=O) groups excluding carboxylic acids is 1. The van der Waals surface area contributed by atoms with Gasteiger partial charge in [0.15, 0.2) is 6.10 Å². The highest BCUT2D eigenvalue weighted by Gasteiger charge is 2.28. The van der Waals surface area contributed by atoms with Crippen LogP contribution in [0.3, 0.4) is 0 Å². The molecule has 6 heteroatoms. The molecule has 1 aliphatic heterocycles. The maximum Gasteiger partial charge on any atom is 0.334 e. The number of aliphatic hydroxyl groups is 1. The summed E-state index contributed by atoms with van der Waals surface area (Å²) < 4.78 is 0. The molecule has 3 N–H and O–H groups in total. The van der Waals surface area contributed by atoms with Gasteiger partial charge in [0.05, 0.1) is 6.54 Å². The molecule has 0 spiro atoms. The van der Waals surface area contributed by atoms with E-state index in [4.69, 9.17) is 10.2 Å². The molecule has 0 aliphatic carbocycles. The van der Waals surface area contributed by atoms with Gasteiger partial charge in [-0.05, 0) is 30.6 Å². The predicted octanol–water partition coefficient (Wildman–Crippen LogP) is 1.29. The number of amides is 2. The fraction of sp³-hybridized carbons (Fsp3) is 0.857. The number of hydrogen-bond acceptors (Lipinski definition) is 3. The summed E-state index contributed by atoms with van der Waals surface area (Å²) >= 11 is 0. The summed E-state index contributed by atoms with van der Waals surface area (Å²) in [4.78, 5) is 24.1. The van der Waals surface area contributed by atoms with Crippen molar-refractivity contribution in [3.8, 4) is 0 Å². The van der Waals surface area contributed by atoms with Crippen molar-refractivity contribution >= 4 is 12.0 Å². The van der Waals surface area contributed by atoms with Crippen LogP contribution in [0.25, 0.3) is 0 Å². The Morgan fingerprint density at radius 3 is 2.50 bits per heavy atom. The maximum absolute atomic E-state index is 11.9. The van der Waals surface area contributed by atoms with Gasteiger partial charge >= 0.3 is 12.0 Å². The average Bonchev–Trinajstić information content (AvgIpc) is 2.60. The molecule has 20 heavy (non-hydrogen) atoms. The van der Waals surface area contributed by atoms with Crippen LogP contribution in [0.5, 0.6) is 0 Å². The van der Waals surface area contributed by atoms with Gasteiger partial charge in [-0.2, -0.15) is 0 Å². The minimum atomic E-state index is -1.55. The van der Waals surface area contributed by atoms with Gasteiger partial charge < -0.3 is 20.4 Å². The molecule has 2 amide bonds. The molecule has 1 rings (SSSR count). The number of carbonyl (C=O) groups is 2. The number of nitrogens with zero attached hydrogens (tertiary/aromatic N) is 1. The van der Waals surface area contributed by atoms with E-state index in [1.54, 1.807) is 4.90 Å². The standard InChI is InChI=1S/C14H26N2O4/c1-14(2,3)10-5-4-7-16(8-6-10)13(20)15-9-11(17)12(18)19/h10-11,17H,4-9H2,1-3H3,(H,15,20)(H,18,19). The number of urea groups is 1. The van der Waals surface area contributed by atoms with Crippen molar-refractivity contribution in [2.24, 2.45) is 11.3 Å². The molecule has 1 heterocycles. The lowest BCUT2D eigenvalue weighted by molar-refractivity contribution is -0.146. The first-order valence-electron chi connectivity index (χ1n) is 7.15. The van der Waals surface area contributed by atoms with Gasteiger partial charge in [0, 0.05) is 13.1 Å². The lowest BCUT2D eigenvalue weighted by Gasteiger charge is -2.29. The van der Waals surface area contributed by atoms with Crippen LogP contribution in [0.15, 0.2) is 0 Å². The number of carboxylic acids is 1. The van der Waals surface area contributed by atoms with Gasteiger partial charge in [-0.1, -0.05) is 20.8 Å². The third-order valence-electron chi connectivity index (χ3n) is 3.97. The first-order valence-corrected chi connectivity index (χ1v) is 7.15. The Bertz CT molecular complexity index is 352. The highest BCUT2D eigenvalue weighted by Crippen LogP contribution is 2.34. The Morgan fingerprint density at radius 2 is 1.95 bits per heavy atom. The van der Waals surface area contributed by atoms with E-state index in [2.05, 4.69) is 26.1 Å². The zero-order chi connectivity index (χ0) is 15.3. The molecular weight excluding hydrogens is 260 g/mol. The van der Waals surface area contributed by atoms with Crippen molar-refractivity contribution in [1.82, 2.24) is 10.2 Å². The highest BCUT2D eigenvalue weighted by molar-refractivity contribution is 5.76. The van der Waals surface area contributed by atoms with E-state index in [9.17, 15) is 9.59 Å². The molecular formula is C14H26N2O4. The number of hydrogen-bond donors (Lipinski definition) is 3. The summed E-state index contributed by atoms with van der Waals surface area (Å²) in [5, 5.41) is 20.2. The van der Waals surface area contributed by atoms with Crippen LogP contribution in [-0.2, 0) is 4.79 Å². The largest absolute Gasteiger partial charge is 0.479 e. The van der Waals surface area contributed by atoms with E-state index in [0.717, 1.165) is 19.3 Å². The molecule has 0 aromatic carbocycles. The minimum Gasteiger partial charge on any atom is -0.479 e. The second-order valence-electron chi connectivity index (χ2n) is 6.52. The molecule has 2 unspecified atom stereocenters. The second kappa shape index (κ2) is 6.92. The van der Waals surface area contributed by atoms with E-state index >= 15 is 0 Å². The van der Waals surface area contributed by atoms with Crippen molar-refractivity contribution < 1.29 is 19.8 Å². The Hall–Kier alpha value is -1.30. The van der Waals surface area contributed by atoms with Gasteiger partial charge in [0.25, 0.3) is 0 Å². The van der Waals surface area contributed by atoms with Gasteiger partial charge in [0.1, 0.15) is 0 Å². The minimum absolute atomic E-state index is 0.242. The zero-order valence-electron chi connectivity index (χ0n) is 12.6. The first kappa shape index (κ1) is 16.8. The van der Waals surface area contributed by atoms with Gasteiger partial charge in [-0.3, -0.25) is 0 Å². The Balaban J connectivity index is 2.44. The number of rotatable bonds is 3. The van der Waals surface area contributed by atoms with Crippen molar-refractivity contribution in [3.05, 3.63) is 0 Å². The monoisotopic (exact) mass is 286 g/mol. The van der Waals surface area contributed by atoms with E-state index < -0.39 is 12.1 Å². The molecule has 0 aromatic heterocycles. The van der Waals surface area contributed by atoms with Crippen molar-refractivity contribution in [2.75, 3.05) is 19.6 Å². The molecule has 1 saturated heterocycles. The molecule has 1 fully saturated rings. The van der Waals surface area contributed by atoms with E-state index in [-0.39, 0.29) is 18.0 Å². The summed E-state index contributed by atoms with van der Waals surface area (Å²) in [5.74, 6) is -0.737. The van der Waals surface area contributed by atoms with Crippen molar-refractivity contribution in [1.29, 1.82) is 0 Å². The molecule has 0 saturated carbocycles. The van der Waals surface area contributed by atoms with Crippen LogP contribution in [-0.4, -0.2) is 52.9 Å². The first-order chi connectivity index (χ1) is 9.21. The zero-order valence-corrected chi connectivity index (χ0v) is 12.6. The molecule has 6 nitrogen and oxygen atoms in total. The molecule has 0 bridgehead atoms. The van der Waals surface area contributed by atoms with Crippen LogP contribution in [0, 0.1) is 11.3 Å². The van der Waals surface area contributed by atoms with Crippen LogP contribution in [0.4, 0.5) is 4.79 Å². The topological polar surface area (TPSA) is 89.9 Å². The second-order valence-corrected chi connectivity index (χ2v) is 6.52. The summed E-state index contributed by atoms with van der Waals surface area (Å²) in [6.07, 6.45) is 1.47. The Labute approximate surface area is 120 Å². The summed E-state index contributed by atoms with van der Waals surface area (Å²) in [5.41, 5.74) is 0.242. The summed E-state index contributed by atoms with van der Waals surface area (Å²) in [7, 11) is 0. The summed E-state index contributed by atoms with van der Waals surface area (Å²) in [6.45, 7) is 7.76.